The van der Waals surface area contributed by atoms with Gasteiger partial charge in [-0.2, -0.15) is 0 Å². The maximum Gasteiger partial charge on any atom is 0.335 e. The predicted octanol–water partition coefficient (Wildman–Crippen LogP) is 2.58. The van der Waals surface area contributed by atoms with Crippen LogP contribution in [0.5, 0.6) is 0 Å². The van der Waals surface area contributed by atoms with Gasteiger partial charge in [-0.1, -0.05) is 12.0 Å². The van der Waals surface area contributed by atoms with Crippen molar-refractivity contribution in [1.29, 1.82) is 0 Å². The van der Waals surface area contributed by atoms with Gasteiger partial charge in [0, 0.05) is 12.1 Å². The van der Waals surface area contributed by atoms with Crippen LogP contribution in [0.15, 0.2) is 53.4 Å². The Kier molecular flexibility index (Phi) is 4.72. The van der Waals surface area contributed by atoms with E-state index in [1.165, 1.54) is 28.6 Å². The molecule has 0 fully saturated rings. The quantitative estimate of drug-likeness (QED) is 0.856. The van der Waals surface area contributed by atoms with Gasteiger partial charge in [0.2, 0.25) is 0 Å². The van der Waals surface area contributed by atoms with E-state index in [9.17, 15) is 13.2 Å². The average Bonchev–Trinajstić information content (AvgIpc) is 2.55. The molecule has 2 aromatic carbocycles. The summed E-state index contributed by atoms with van der Waals surface area (Å²) in [4.78, 5) is 10.9. The van der Waals surface area contributed by atoms with Crippen molar-refractivity contribution in [3.63, 3.8) is 0 Å². The van der Waals surface area contributed by atoms with Gasteiger partial charge in [-0.3, -0.25) is 4.31 Å². The van der Waals surface area contributed by atoms with Crippen LogP contribution in [0.1, 0.15) is 22.8 Å². The van der Waals surface area contributed by atoms with Crippen LogP contribution >= 0.6 is 0 Å². The Morgan fingerprint density at radius 1 is 1.22 bits per heavy atom. The molecule has 0 saturated heterocycles. The largest absolute Gasteiger partial charge is 0.478 e. The lowest BCUT2D eigenvalue weighted by molar-refractivity contribution is 0.0696. The molecule has 0 aliphatic rings. The molecule has 2 rings (SSSR count). The van der Waals surface area contributed by atoms with Crippen molar-refractivity contribution in [2.75, 3.05) is 10.8 Å². The highest BCUT2D eigenvalue weighted by Crippen LogP contribution is 2.24. The van der Waals surface area contributed by atoms with E-state index < -0.39 is 16.0 Å². The van der Waals surface area contributed by atoms with Crippen molar-refractivity contribution >= 4 is 21.7 Å². The minimum absolute atomic E-state index is 0.0236. The SMILES string of the molecule is C#Cc1cccc(N(CC)S(=O)(=O)c2ccc(C(=O)O)cc2)c1. The molecule has 0 aromatic heterocycles. The van der Waals surface area contributed by atoms with Crippen LogP contribution in [0.4, 0.5) is 5.69 Å². The molecule has 0 radical (unpaired) electrons. The van der Waals surface area contributed by atoms with E-state index in [2.05, 4.69) is 5.92 Å². The first kappa shape index (κ1) is 16.6. The molecule has 23 heavy (non-hydrogen) atoms. The number of rotatable bonds is 5. The molecule has 0 aliphatic carbocycles. The summed E-state index contributed by atoms with van der Waals surface area (Å²) in [5.74, 6) is 1.36. The Morgan fingerprint density at radius 2 is 1.87 bits per heavy atom. The monoisotopic (exact) mass is 329 g/mol. The number of terminal acetylenes is 1. The van der Waals surface area contributed by atoms with E-state index in [1.807, 2.05) is 0 Å². The average molecular weight is 329 g/mol. The summed E-state index contributed by atoms with van der Waals surface area (Å²) >= 11 is 0. The summed E-state index contributed by atoms with van der Waals surface area (Å²) < 4.78 is 26.8. The van der Waals surface area contributed by atoms with Crippen LogP contribution in [0.3, 0.4) is 0 Å². The topological polar surface area (TPSA) is 74.7 Å². The van der Waals surface area contributed by atoms with Crippen LogP contribution in [-0.2, 0) is 10.0 Å². The Bertz CT molecular complexity index is 864. The van der Waals surface area contributed by atoms with E-state index >= 15 is 0 Å². The molecule has 0 saturated carbocycles. The van der Waals surface area contributed by atoms with Crippen molar-refractivity contribution in [3.8, 4) is 12.3 Å². The summed E-state index contributed by atoms with van der Waals surface area (Å²) in [6.45, 7) is 1.93. The van der Waals surface area contributed by atoms with Gasteiger partial charge in [0.15, 0.2) is 0 Å². The highest BCUT2D eigenvalue weighted by atomic mass is 32.2. The number of carboxylic acid groups (broad SMARTS) is 1. The van der Waals surface area contributed by atoms with Gasteiger partial charge in [-0.05, 0) is 49.4 Å². The number of hydrogen-bond acceptors (Lipinski definition) is 3. The second-order valence-electron chi connectivity index (χ2n) is 4.69. The van der Waals surface area contributed by atoms with Gasteiger partial charge in [0.05, 0.1) is 16.1 Å². The lowest BCUT2D eigenvalue weighted by Gasteiger charge is -2.23. The zero-order valence-electron chi connectivity index (χ0n) is 12.4. The Morgan fingerprint density at radius 3 is 2.39 bits per heavy atom. The van der Waals surface area contributed by atoms with Crippen molar-refractivity contribution < 1.29 is 18.3 Å². The summed E-state index contributed by atoms with van der Waals surface area (Å²) in [6.07, 6.45) is 5.35. The molecule has 0 amide bonds. The number of anilines is 1. The number of nitrogens with zero attached hydrogens (tertiary/aromatic N) is 1. The standard InChI is InChI=1S/C17H15NO4S/c1-3-13-6-5-7-15(12-13)18(4-2)23(21,22)16-10-8-14(9-11-16)17(19)20/h1,5-12H,4H2,2H3,(H,19,20). The molecule has 2 aromatic rings. The van der Waals surface area contributed by atoms with Crippen molar-refractivity contribution in [1.82, 2.24) is 0 Å². The van der Waals surface area contributed by atoms with Crippen LogP contribution < -0.4 is 4.31 Å². The lowest BCUT2D eigenvalue weighted by atomic mass is 10.2. The molecular formula is C17H15NO4S. The molecule has 118 valence electrons. The lowest BCUT2D eigenvalue weighted by Crippen LogP contribution is -2.30. The number of carboxylic acids is 1. The molecule has 0 bridgehead atoms. The van der Waals surface area contributed by atoms with E-state index in [1.54, 1.807) is 31.2 Å². The van der Waals surface area contributed by atoms with E-state index in [-0.39, 0.29) is 17.0 Å². The molecule has 0 spiro atoms. The maximum atomic E-state index is 12.8. The van der Waals surface area contributed by atoms with Gasteiger partial charge in [0.1, 0.15) is 0 Å². The number of carbonyl (C=O) groups is 1. The van der Waals surface area contributed by atoms with Gasteiger partial charge in [0.25, 0.3) is 10.0 Å². The smallest absolute Gasteiger partial charge is 0.335 e. The van der Waals surface area contributed by atoms with Crippen LogP contribution in [0.2, 0.25) is 0 Å². The first-order valence-electron chi connectivity index (χ1n) is 6.83. The third kappa shape index (κ3) is 3.35. The minimum atomic E-state index is -3.80. The molecule has 0 aliphatic heterocycles. The predicted molar refractivity (Wildman–Crippen MR) is 88.0 cm³/mol. The summed E-state index contributed by atoms with van der Waals surface area (Å²) in [7, 11) is -3.80. The molecule has 6 heteroatoms. The normalized spacial score (nSPS) is 10.8. The molecular weight excluding hydrogens is 314 g/mol. The zero-order valence-corrected chi connectivity index (χ0v) is 13.2. The fourth-order valence-electron chi connectivity index (χ4n) is 2.14. The van der Waals surface area contributed by atoms with Crippen LogP contribution in [0.25, 0.3) is 0 Å². The van der Waals surface area contributed by atoms with Crippen molar-refractivity contribution in [2.24, 2.45) is 0 Å². The molecule has 0 heterocycles. The molecule has 0 atom stereocenters. The Hall–Kier alpha value is -2.78. The first-order chi connectivity index (χ1) is 10.9. The van der Waals surface area contributed by atoms with E-state index in [0.29, 0.717) is 11.3 Å². The third-order valence-corrected chi connectivity index (χ3v) is 5.19. The minimum Gasteiger partial charge on any atom is -0.478 e. The van der Waals surface area contributed by atoms with Crippen LogP contribution in [0, 0.1) is 12.3 Å². The molecule has 0 unspecified atom stereocenters. The van der Waals surface area contributed by atoms with Gasteiger partial charge in [-0.15, -0.1) is 6.42 Å². The molecule has 5 nitrogen and oxygen atoms in total. The van der Waals surface area contributed by atoms with Gasteiger partial charge in [-0.25, -0.2) is 13.2 Å². The second-order valence-corrected chi connectivity index (χ2v) is 6.56. The zero-order chi connectivity index (χ0) is 17.0. The summed E-state index contributed by atoms with van der Waals surface area (Å²) in [5, 5.41) is 8.89. The van der Waals surface area contributed by atoms with Gasteiger partial charge < -0.3 is 5.11 Å². The summed E-state index contributed by atoms with van der Waals surface area (Å²) in [6, 6.07) is 11.8. The fourth-order valence-corrected chi connectivity index (χ4v) is 3.60. The molecule has 1 N–H and O–H groups in total. The highest BCUT2D eigenvalue weighted by molar-refractivity contribution is 7.92. The fraction of sp³-hybridized carbons (Fsp3) is 0.118. The summed E-state index contributed by atoms with van der Waals surface area (Å²) in [5.41, 5.74) is 1.07. The maximum absolute atomic E-state index is 12.8. The number of benzene rings is 2. The van der Waals surface area contributed by atoms with Crippen LogP contribution in [-0.4, -0.2) is 26.0 Å². The number of sulfonamides is 1. The Labute approximate surface area is 135 Å². The first-order valence-corrected chi connectivity index (χ1v) is 8.27. The number of aromatic carboxylic acids is 1. The van der Waals surface area contributed by atoms with Crippen molar-refractivity contribution in [3.05, 3.63) is 59.7 Å². The second kappa shape index (κ2) is 6.55. The highest BCUT2D eigenvalue weighted by Gasteiger charge is 2.24. The Balaban J connectivity index is 2.46. The third-order valence-electron chi connectivity index (χ3n) is 3.28. The van der Waals surface area contributed by atoms with E-state index in [0.717, 1.165) is 0 Å². The van der Waals surface area contributed by atoms with Gasteiger partial charge >= 0.3 is 5.97 Å². The van der Waals surface area contributed by atoms with Crippen molar-refractivity contribution in [2.45, 2.75) is 11.8 Å². The van der Waals surface area contributed by atoms with E-state index in [4.69, 9.17) is 11.5 Å². The number of hydrogen-bond donors (Lipinski definition) is 1.